The average Bonchev–Trinajstić information content (AvgIpc) is 3.22. The van der Waals surface area contributed by atoms with Crippen LogP contribution < -0.4 is 10.6 Å². The van der Waals surface area contributed by atoms with E-state index in [2.05, 4.69) is 15.6 Å². The molecular formula is C21H38IN3O3. The number of aliphatic imine (C=N–C) groups is 1. The first-order chi connectivity index (χ1) is 13.4. The Balaban J connectivity index is 0.00000392. The van der Waals surface area contributed by atoms with Gasteiger partial charge in [0.25, 0.3) is 0 Å². The maximum atomic E-state index is 5.97. The second-order valence-corrected chi connectivity index (χ2v) is 7.10. The van der Waals surface area contributed by atoms with E-state index in [-0.39, 0.29) is 24.0 Å². The van der Waals surface area contributed by atoms with Gasteiger partial charge in [0, 0.05) is 33.4 Å². The van der Waals surface area contributed by atoms with Gasteiger partial charge in [-0.2, -0.15) is 0 Å². The van der Waals surface area contributed by atoms with Gasteiger partial charge in [-0.05, 0) is 50.7 Å². The highest BCUT2D eigenvalue weighted by Crippen LogP contribution is 2.20. The average molecular weight is 507 g/mol. The van der Waals surface area contributed by atoms with Crippen LogP contribution in [-0.2, 0) is 16.1 Å². The molecule has 6 nitrogen and oxygen atoms in total. The molecular weight excluding hydrogens is 469 g/mol. The van der Waals surface area contributed by atoms with E-state index in [9.17, 15) is 0 Å². The largest absolute Gasteiger partial charge is 0.467 e. The molecule has 0 amide bonds. The number of ether oxygens (including phenoxy) is 2. The van der Waals surface area contributed by atoms with Crippen LogP contribution in [0, 0.1) is 0 Å². The van der Waals surface area contributed by atoms with Crippen LogP contribution in [0.5, 0.6) is 0 Å². The molecule has 1 aliphatic rings. The Hall–Kier alpha value is -0.800. The first-order valence-electron chi connectivity index (χ1n) is 10.5. The number of guanidine groups is 1. The summed E-state index contributed by atoms with van der Waals surface area (Å²) in [7, 11) is 1.81. The summed E-state index contributed by atoms with van der Waals surface area (Å²) in [6.45, 7) is 3.93. The second-order valence-electron chi connectivity index (χ2n) is 7.10. The lowest BCUT2D eigenvalue weighted by Crippen LogP contribution is -2.38. The minimum absolute atomic E-state index is 0. The number of nitrogens with zero attached hydrogens (tertiary/aromatic N) is 1. The molecule has 2 N–H and O–H groups in total. The molecule has 0 radical (unpaired) electrons. The molecule has 0 spiro atoms. The van der Waals surface area contributed by atoms with E-state index in [4.69, 9.17) is 13.9 Å². The molecule has 0 bridgehead atoms. The smallest absolute Gasteiger partial charge is 0.190 e. The Kier molecular flexibility index (Phi) is 15.4. The van der Waals surface area contributed by atoms with Crippen molar-refractivity contribution in [1.82, 2.24) is 10.6 Å². The Morgan fingerprint density at radius 1 is 1.07 bits per heavy atom. The van der Waals surface area contributed by atoms with Crippen molar-refractivity contribution in [3.05, 3.63) is 24.2 Å². The lowest BCUT2D eigenvalue weighted by molar-refractivity contribution is 0.0264. The van der Waals surface area contributed by atoms with Crippen LogP contribution in [0.4, 0.5) is 0 Å². The van der Waals surface area contributed by atoms with Crippen LogP contribution in [0.25, 0.3) is 0 Å². The molecule has 7 heteroatoms. The van der Waals surface area contributed by atoms with Gasteiger partial charge in [0.15, 0.2) is 5.96 Å². The molecule has 1 saturated carbocycles. The minimum Gasteiger partial charge on any atom is -0.467 e. The summed E-state index contributed by atoms with van der Waals surface area (Å²) in [4.78, 5) is 4.26. The van der Waals surface area contributed by atoms with Gasteiger partial charge in [0.05, 0.1) is 12.4 Å². The summed E-state index contributed by atoms with van der Waals surface area (Å²) in [5.41, 5.74) is 0. The summed E-state index contributed by atoms with van der Waals surface area (Å²) < 4.78 is 16.8. The molecule has 0 aliphatic heterocycles. The van der Waals surface area contributed by atoms with E-state index in [1.165, 1.54) is 38.5 Å². The van der Waals surface area contributed by atoms with E-state index in [0.717, 1.165) is 50.7 Å². The summed E-state index contributed by atoms with van der Waals surface area (Å²) >= 11 is 0. The van der Waals surface area contributed by atoms with Crippen molar-refractivity contribution in [2.24, 2.45) is 4.99 Å². The predicted octanol–water partition coefficient (Wildman–Crippen LogP) is 4.49. The molecule has 1 aromatic rings. The van der Waals surface area contributed by atoms with Crippen LogP contribution >= 0.6 is 24.0 Å². The molecule has 0 saturated heterocycles. The minimum atomic E-state index is 0. The normalized spacial score (nSPS) is 15.2. The number of furan rings is 1. The number of rotatable bonds is 13. The van der Waals surface area contributed by atoms with Crippen LogP contribution in [0.1, 0.15) is 63.5 Å². The van der Waals surface area contributed by atoms with E-state index < -0.39 is 0 Å². The highest BCUT2D eigenvalue weighted by molar-refractivity contribution is 14.0. The zero-order chi connectivity index (χ0) is 19.0. The van der Waals surface area contributed by atoms with Gasteiger partial charge < -0.3 is 24.5 Å². The quantitative estimate of drug-likeness (QED) is 0.178. The SMILES string of the molecule is CN=C(NCCCCCOC1CCCCC1)NCCCOCc1ccco1.I. The van der Waals surface area contributed by atoms with Crippen molar-refractivity contribution < 1.29 is 13.9 Å². The van der Waals surface area contributed by atoms with Gasteiger partial charge in [0.2, 0.25) is 0 Å². The monoisotopic (exact) mass is 507 g/mol. The fraction of sp³-hybridized carbons (Fsp3) is 0.762. The Labute approximate surface area is 187 Å². The van der Waals surface area contributed by atoms with Crippen LogP contribution in [0.15, 0.2) is 27.8 Å². The fourth-order valence-electron chi connectivity index (χ4n) is 3.26. The molecule has 0 unspecified atom stereocenters. The molecule has 0 aromatic carbocycles. The first kappa shape index (κ1) is 25.2. The van der Waals surface area contributed by atoms with Gasteiger partial charge in [-0.3, -0.25) is 4.99 Å². The van der Waals surface area contributed by atoms with Crippen LogP contribution in [0.2, 0.25) is 0 Å². The molecule has 1 aromatic heterocycles. The molecule has 1 heterocycles. The second kappa shape index (κ2) is 17.1. The van der Waals surface area contributed by atoms with Gasteiger partial charge in [-0.15, -0.1) is 24.0 Å². The van der Waals surface area contributed by atoms with Crippen molar-refractivity contribution in [2.45, 2.75) is 70.5 Å². The summed E-state index contributed by atoms with van der Waals surface area (Å²) in [5, 5.41) is 6.68. The fourth-order valence-corrected chi connectivity index (χ4v) is 3.26. The Bertz CT molecular complexity index is 491. The van der Waals surface area contributed by atoms with Crippen molar-refractivity contribution in [3.8, 4) is 0 Å². The van der Waals surface area contributed by atoms with Gasteiger partial charge in [-0.25, -0.2) is 0 Å². The van der Waals surface area contributed by atoms with Crippen molar-refractivity contribution in [3.63, 3.8) is 0 Å². The molecule has 28 heavy (non-hydrogen) atoms. The number of halogens is 1. The van der Waals surface area contributed by atoms with Crippen molar-refractivity contribution >= 4 is 29.9 Å². The van der Waals surface area contributed by atoms with E-state index in [1.807, 2.05) is 12.1 Å². The molecule has 1 fully saturated rings. The lowest BCUT2D eigenvalue weighted by Gasteiger charge is -2.21. The van der Waals surface area contributed by atoms with Crippen LogP contribution in [-0.4, -0.2) is 45.4 Å². The third-order valence-electron chi connectivity index (χ3n) is 4.83. The highest BCUT2D eigenvalue weighted by Gasteiger charge is 2.12. The van der Waals surface area contributed by atoms with E-state index in [0.29, 0.717) is 19.3 Å². The zero-order valence-electron chi connectivity index (χ0n) is 17.3. The third-order valence-corrected chi connectivity index (χ3v) is 4.83. The number of hydrogen-bond acceptors (Lipinski definition) is 4. The number of hydrogen-bond donors (Lipinski definition) is 2. The number of nitrogens with one attached hydrogen (secondary N) is 2. The van der Waals surface area contributed by atoms with E-state index in [1.54, 1.807) is 13.3 Å². The first-order valence-corrected chi connectivity index (χ1v) is 10.5. The summed E-state index contributed by atoms with van der Waals surface area (Å²) in [5.74, 6) is 1.73. The van der Waals surface area contributed by atoms with Crippen LogP contribution in [0.3, 0.4) is 0 Å². The highest BCUT2D eigenvalue weighted by atomic mass is 127. The lowest BCUT2D eigenvalue weighted by atomic mass is 9.98. The van der Waals surface area contributed by atoms with E-state index >= 15 is 0 Å². The summed E-state index contributed by atoms with van der Waals surface area (Å²) in [6, 6.07) is 3.80. The van der Waals surface area contributed by atoms with Gasteiger partial charge >= 0.3 is 0 Å². The van der Waals surface area contributed by atoms with Gasteiger partial charge in [0.1, 0.15) is 12.4 Å². The maximum absolute atomic E-state index is 5.97. The third kappa shape index (κ3) is 11.9. The van der Waals surface area contributed by atoms with Crippen molar-refractivity contribution in [1.29, 1.82) is 0 Å². The molecule has 2 rings (SSSR count). The molecule has 162 valence electrons. The standard InChI is InChI=1S/C21H37N3O3.HI/c1-22-21(24-14-9-15-25-18-20-12-8-17-27-20)23-13-6-3-7-16-26-19-10-4-2-5-11-19;/h8,12,17,19H,2-7,9-11,13-16,18H2,1H3,(H2,22,23,24);1H. The Morgan fingerprint density at radius 2 is 1.86 bits per heavy atom. The zero-order valence-corrected chi connectivity index (χ0v) is 19.6. The molecule has 0 atom stereocenters. The summed E-state index contributed by atoms with van der Waals surface area (Å²) in [6.07, 6.45) is 13.2. The van der Waals surface area contributed by atoms with Crippen molar-refractivity contribution in [2.75, 3.05) is 33.4 Å². The van der Waals surface area contributed by atoms with Gasteiger partial charge in [-0.1, -0.05) is 19.3 Å². The number of unbranched alkanes of at least 4 members (excludes halogenated alkanes) is 2. The predicted molar refractivity (Wildman–Crippen MR) is 124 cm³/mol. The Morgan fingerprint density at radius 3 is 2.57 bits per heavy atom. The molecule has 1 aliphatic carbocycles. The maximum Gasteiger partial charge on any atom is 0.190 e. The topological polar surface area (TPSA) is 68.0 Å².